The first-order chi connectivity index (χ1) is 7.47. The minimum Gasteiger partial charge on any atom is -0.258 e. The lowest BCUT2D eigenvalue weighted by Gasteiger charge is -2.04. The molecule has 0 radical (unpaired) electrons. The van der Waals surface area contributed by atoms with E-state index in [-0.39, 0.29) is 16.6 Å². The molecule has 1 aromatic rings. The summed E-state index contributed by atoms with van der Waals surface area (Å²) in [5.74, 6) is 0. The third kappa shape index (κ3) is 2.49. The lowest BCUT2D eigenvalue weighted by atomic mass is 10.2. The summed E-state index contributed by atoms with van der Waals surface area (Å²) in [6, 6.07) is 2.39. The maximum absolute atomic E-state index is 12.4. The Hall–Kier alpha value is -1.62. The van der Waals surface area contributed by atoms with Crippen LogP contribution in [0.1, 0.15) is 17.8 Å². The van der Waals surface area contributed by atoms with Crippen molar-refractivity contribution in [1.82, 2.24) is 4.98 Å². The van der Waals surface area contributed by atoms with Gasteiger partial charge in [0.2, 0.25) is 0 Å². The van der Waals surface area contributed by atoms with E-state index in [9.17, 15) is 18.9 Å². The van der Waals surface area contributed by atoms with E-state index in [1.165, 1.54) is 0 Å². The van der Waals surface area contributed by atoms with E-state index >= 15 is 0 Å². The fourth-order valence-electron chi connectivity index (χ4n) is 1.03. The molecule has 0 spiro atoms. The van der Waals surface area contributed by atoms with Crippen LogP contribution in [0, 0.1) is 21.4 Å². The maximum atomic E-state index is 12.4. The Labute approximate surface area is 97.0 Å². The van der Waals surface area contributed by atoms with E-state index < -0.39 is 22.7 Å². The van der Waals surface area contributed by atoms with E-state index in [4.69, 9.17) is 5.26 Å². The van der Waals surface area contributed by atoms with Gasteiger partial charge in [-0.15, -0.1) is 0 Å². The summed E-state index contributed by atoms with van der Waals surface area (Å²) in [7, 11) is 0. The summed E-state index contributed by atoms with van der Waals surface area (Å²) in [6.07, 6.45) is -3.19. The highest BCUT2D eigenvalue weighted by Gasteiger charge is 2.22. The molecule has 0 unspecified atom stereocenters. The highest BCUT2D eigenvalue weighted by Crippen LogP contribution is 2.31. The second kappa shape index (κ2) is 4.94. The number of rotatable bonds is 3. The number of alkyl halides is 2. The number of nitriles is 1. The zero-order valence-corrected chi connectivity index (χ0v) is 9.24. The van der Waals surface area contributed by atoms with E-state index in [2.05, 4.69) is 20.9 Å². The van der Waals surface area contributed by atoms with Gasteiger partial charge in [0.05, 0.1) is 23.1 Å². The maximum Gasteiger partial charge on any atom is 0.287 e. The van der Waals surface area contributed by atoms with Crippen LogP contribution in [0.4, 0.5) is 14.5 Å². The van der Waals surface area contributed by atoms with Crippen molar-refractivity contribution in [2.45, 2.75) is 12.8 Å². The van der Waals surface area contributed by atoms with Crippen molar-refractivity contribution in [3.05, 3.63) is 32.0 Å². The summed E-state index contributed by atoms with van der Waals surface area (Å²) in [4.78, 5) is 13.2. The molecule has 0 atom stereocenters. The Bertz CT molecular complexity index is 473. The third-order valence-corrected chi connectivity index (χ3v) is 2.56. The van der Waals surface area contributed by atoms with Crippen molar-refractivity contribution >= 4 is 21.6 Å². The Balaban J connectivity index is 3.40. The van der Waals surface area contributed by atoms with Gasteiger partial charge in [-0.2, -0.15) is 5.26 Å². The lowest BCUT2D eigenvalue weighted by molar-refractivity contribution is -0.385. The van der Waals surface area contributed by atoms with Crippen molar-refractivity contribution in [2.75, 3.05) is 0 Å². The molecule has 0 aliphatic carbocycles. The smallest absolute Gasteiger partial charge is 0.258 e. The monoisotopic (exact) mass is 291 g/mol. The Kier molecular flexibility index (Phi) is 3.84. The predicted molar refractivity (Wildman–Crippen MR) is 52.9 cm³/mol. The molecular formula is C8H4BrF2N3O2. The molecule has 0 saturated heterocycles. The summed E-state index contributed by atoms with van der Waals surface area (Å²) < 4.78 is 24.7. The molecule has 0 bridgehead atoms. The van der Waals surface area contributed by atoms with Gasteiger partial charge in [-0.05, 0) is 15.9 Å². The van der Waals surface area contributed by atoms with Crippen LogP contribution in [-0.2, 0) is 6.42 Å². The standard InChI is InChI=1S/C8H4BrF2N3O2/c9-7-4(1-2-12)13-5(8(10)11)3-6(7)14(15)16/h3,8H,1H2. The number of nitro groups is 1. The van der Waals surface area contributed by atoms with Crippen molar-refractivity contribution in [2.24, 2.45) is 0 Å². The van der Waals surface area contributed by atoms with Crippen molar-refractivity contribution in [3.63, 3.8) is 0 Å². The van der Waals surface area contributed by atoms with Gasteiger partial charge < -0.3 is 0 Å². The predicted octanol–water partition coefficient (Wildman–Crippen LogP) is 2.76. The molecule has 0 aromatic carbocycles. The zero-order valence-electron chi connectivity index (χ0n) is 7.65. The summed E-state index contributed by atoms with van der Waals surface area (Å²) in [6.45, 7) is 0. The largest absolute Gasteiger partial charge is 0.287 e. The van der Waals surface area contributed by atoms with E-state index in [1.807, 2.05) is 0 Å². The number of pyridine rings is 1. The van der Waals surface area contributed by atoms with Gasteiger partial charge >= 0.3 is 0 Å². The van der Waals surface area contributed by atoms with Gasteiger partial charge in [0.15, 0.2) is 0 Å². The fraction of sp³-hybridized carbons (Fsp3) is 0.250. The SMILES string of the molecule is N#CCc1nc(C(F)F)cc([N+](=O)[O-])c1Br. The minimum absolute atomic E-state index is 0.0385. The second-order valence-electron chi connectivity index (χ2n) is 2.72. The zero-order chi connectivity index (χ0) is 12.3. The average molecular weight is 292 g/mol. The number of halogens is 3. The van der Waals surface area contributed by atoms with Gasteiger partial charge in [-0.1, -0.05) is 0 Å². The first-order valence-corrected chi connectivity index (χ1v) is 4.75. The molecule has 0 saturated carbocycles. The minimum atomic E-state index is -2.91. The van der Waals surface area contributed by atoms with Crippen LogP contribution >= 0.6 is 15.9 Å². The molecule has 16 heavy (non-hydrogen) atoms. The van der Waals surface area contributed by atoms with Crippen LogP contribution < -0.4 is 0 Å². The number of hydrogen-bond donors (Lipinski definition) is 0. The molecule has 8 heteroatoms. The molecule has 0 fully saturated rings. The van der Waals surface area contributed by atoms with Crippen molar-refractivity contribution < 1.29 is 13.7 Å². The Morgan fingerprint density at radius 1 is 1.69 bits per heavy atom. The molecule has 5 nitrogen and oxygen atoms in total. The molecule has 84 valence electrons. The highest BCUT2D eigenvalue weighted by atomic mass is 79.9. The number of aromatic nitrogens is 1. The molecule has 1 aromatic heterocycles. The lowest BCUT2D eigenvalue weighted by Crippen LogP contribution is -2.01. The van der Waals surface area contributed by atoms with Gasteiger partial charge in [0.1, 0.15) is 10.2 Å². The van der Waals surface area contributed by atoms with Gasteiger partial charge in [0.25, 0.3) is 12.1 Å². The van der Waals surface area contributed by atoms with E-state index in [1.54, 1.807) is 6.07 Å². The van der Waals surface area contributed by atoms with Crippen molar-refractivity contribution in [3.8, 4) is 6.07 Å². The Morgan fingerprint density at radius 2 is 2.31 bits per heavy atom. The number of hydrogen-bond acceptors (Lipinski definition) is 4. The molecular weight excluding hydrogens is 288 g/mol. The molecule has 0 amide bonds. The fourth-order valence-corrected chi connectivity index (χ4v) is 1.51. The second-order valence-corrected chi connectivity index (χ2v) is 3.51. The van der Waals surface area contributed by atoms with Gasteiger partial charge in [0, 0.05) is 6.07 Å². The van der Waals surface area contributed by atoms with Crippen molar-refractivity contribution in [1.29, 1.82) is 5.26 Å². The molecule has 0 aliphatic rings. The summed E-state index contributed by atoms with van der Waals surface area (Å²) in [5, 5.41) is 19.0. The topological polar surface area (TPSA) is 79.8 Å². The van der Waals surface area contributed by atoms with E-state index in [0.29, 0.717) is 6.07 Å². The summed E-state index contributed by atoms with van der Waals surface area (Å²) >= 11 is 2.87. The van der Waals surface area contributed by atoms with Gasteiger partial charge in [-0.3, -0.25) is 10.1 Å². The normalized spacial score (nSPS) is 10.2. The molecule has 1 heterocycles. The number of nitrogens with zero attached hydrogens (tertiary/aromatic N) is 3. The first kappa shape index (κ1) is 12.4. The highest BCUT2D eigenvalue weighted by molar-refractivity contribution is 9.10. The third-order valence-electron chi connectivity index (χ3n) is 1.69. The quantitative estimate of drug-likeness (QED) is 0.633. The molecule has 0 N–H and O–H groups in total. The molecule has 1 rings (SSSR count). The average Bonchev–Trinajstić information content (AvgIpc) is 2.20. The van der Waals surface area contributed by atoms with Crippen LogP contribution in [-0.4, -0.2) is 9.91 Å². The van der Waals surface area contributed by atoms with Crippen LogP contribution in [0.15, 0.2) is 10.5 Å². The molecule has 0 aliphatic heterocycles. The van der Waals surface area contributed by atoms with Crippen LogP contribution in [0.3, 0.4) is 0 Å². The van der Waals surface area contributed by atoms with E-state index in [0.717, 1.165) is 0 Å². The summed E-state index contributed by atoms with van der Waals surface area (Å²) in [5.41, 5.74) is -1.29. The van der Waals surface area contributed by atoms with Crippen LogP contribution in [0.25, 0.3) is 0 Å². The van der Waals surface area contributed by atoms with Crippen LogP contribution in [0.2, 0.25) is 0 Å². The Morgan fingerprint density at radius 3 is 2.75 bits per heavy atom. The van der Waals surface area contributed by atoms with Crippen LogP contribution in [0.5, 0.6) is 0 Å². The first-order valence-electron chi connectivity index (χ1n) is 3.96. The van der Waals surface area contributed by atoms with Gasteiger partial charge in [-0.25, -0.2) is 13.8 Å².